The van der Waals surface area contributed by atoms with Gasteiger partial charge in [-0.1, -0.05) is 108 Å². The standard InChI is InChI=1S/C30H23BrF2N4O2.C21H14F2N2O3.C9H13BrN2O.C6H3BrFNO2.C3H9NO/c1-34-23-10-8-21(25(33)17-23)18-39-30-5-3-4-26(36-30)20-7-6-19(24(32)14-20)15-29-35-27-11-9-22(31)16-28(27)37(29)12-13-38-2;1-24-16-8-7-15(18(23)11-16)12-28-20-4-2-3-19(25-20)14-6-5-13(10-21(26)27)17(22)9-14;1-13-5-4-12-9-6-7(10)2-3-8(9)11;7-4-1-2-6(9(10)11)5(8)3-4;1-5-3-2-4/h3-11,14,16-17H,12-13,15,18H2,2H3;2-9,11H,10,12H2,(H,26,27);2-3,6,12H,4-5,11H2,1H3;1-3H;2-4H2,1H3. The van der Waals surface area contributed by atoms with E-state index >= 15 is 4.39 Å². The summed E-state index contributed by atoms with van der Waals surface area (Å²) < 4.78 is 101. The number of pyridine rings is 2. The molecule has 0 spiro atoms. The molecule has 0 aliphatic rings. The molecule has 96 heavy (non-hydrogen) atoms. The molecule has 3 heterocycles. The molecule has 0 saturated heterocycles. The van der Waals surface area contributed by atoms with Crippen molar-refractivity contribution in [1.29, 1.82) is 0 Å². The number of fused-ring (bicyclic) bond motifs is 1. The summed E-state index contributed by atoms with van der Waals surface area (Å²) in [5, 5.41) is 22.0. The first-order valence-corrected chi connectivity index (χ1v) is 31.1. The second kappa shape index (κ2) is 38.6. The molecular weight excluding hydrogens is 1450 g/mol. The van der Waals surface area contributed by atoms with E-state index in [2.05, 4.69) is 82.1 Å². The monoisotopic (exact) mass is 1510 g/mol. The minimum atomic E-state index is -1.11. The fourth-order valence-electron chi connectivity index (χ4n) is 8.52. The Labute approximate surface area is 575 Å². The lowest BCUT2D eigenvalue weighted by atomic mass is 10.1. The maximum atomic E-state index is 15.3. The number of halogens is 8. The number of methoxy groups -OCH3 is 3. The number of imidazole rings is 1. The van der Waals surface area contributed by atoms with E-state index in [4.69, 9.17) is 53.6 Å². The Morgan fingerprint density at radius 1 is 0.615 bits per heavy atom. The van der Waals surface area contributed by atoms with Gasteiger partial charge >= 0.3 is 11.7 Å². The zero-order valence-corrected chi connectivity index (χ0v) is 56.4. The molecule has 27 heteroatoms. The number of carbonyl (C=O) groups is 1. The van der Waals surface area contributed by atoms with Crippen LogP contribution in [-0.4, -0.2) is 89.8 Å². The number of hydrogen-bond acceptors (Lipinski definition) is 14. The van der Waals surface area contributed by atoms with E-state index < -0.39 is 46.3 Å². The summed E-state index contributed by atoms with van der Waals surface area (Å²) in [5.41, 5.74) is 17.4. The normalized spacial score (nSPS) is 10.4. The molecule has 10 aromatic rings. The molecule has 498 valence electrons. The van der Waals surface area contributed by atoms with Gasteiger partial charge in [0, 0.05) is 101 Å². The molecule has 0 fully saturated rings. The Kier molecular flexibility index (Phi) is 30.3. The van der Waals surface area contributed by atoms with Gasteiger partial charge < -0.3 is 50.1 Å². The third-order valence-electron chi connectivity index (χ3n) is 13.3. The van der Waals surface area contributed by atoms with Gasteiger partial charge in [-0.3, -0.25) is 14.9 Å². The summed E-state index contributed by atoms with van der Waals surface area (Å²) in [4.78, 5) is 39.9. The number of anilines is 2. The van der Waals surface area contributed by atoms with Crippen LogP contribution in [-0.2, 0) is 51.6 Å². The molecule has 0 aliphatic heterocycles. The third kappa shape index (κ3) is 23.3. The van der Waals surface area contributed by atoms with Crippen molar-refractivity contribution >= 4 is 93.2 Å². The van der Waals surface area contributed by atoms with E-state index in [1.54, 1.807) is 69.9 Å². The fraction of sp³-hybridized carbons (Fsp3) is 0.188. The van der Waals surface area contributed by atoms with Crippen molar-refractivity contribution in [3.05, 3.63) is 267 Å². The molecule has 0 unspecified atom stereocenters. The van der Waals surface area contributed by atoms with Crippen LogP contribution in [0, 0.1) is 52.3 Å². The van der Waals surface area contributed by atoms with Gasteiger partial charge in [0.2, 0.25) is 17.6 Å². The second-order valence-corrected chi connectivity index (χ2v) is 22.8. The summed E-state index contributed by atoms with van der Waals surface area (Å²) >= 11 is 9.88. The highest BCUT2D eigenvalue weighted by molar-refractivity contribution is 9.11. The molecule has 0 saturated carbocycles. The highest BCUT2D eigenvalue weighted by Crippen LogP contribution is 2.30. The maximum Gasteiger partial charge on any atom is 0.307 e. The number of rotatable bonds is 22. The van der Waals surface area contributed by atoms with E-state index in [9.17, 15) is 32.5 Å². The van der Waals surface area contributed by atoms with Crippen LogP contribution in [0.1, 0.15) is 28.1 Å². The van der Waals surface area contributed by atoms with Crippen LogP contribution < -0.4 is 26.3 Å². The first-order chi connectivity index (χ1) is 46.2. The van der Waals surface area contributed by atoms with Crippen molar-refractivity contribution in [2.24, 2.45) is 5.73 Å². The van der Waals surface area contributed by atoms with Gasteiger partial charge in [0.05, 0.1) is 78.1 Å². The summed E-state index contributed by atoms with van der Waals surface area (Å²) in [7, 11) is 4.95. The fourth-order valence-corrected chi connectivity index (χ4v) is 9.57. The first-order valence-electron chi connectivity index (χ1n) is 28.7. The lowest BCUT2D eigenvalue weighted by Crippen LogP contribution is -2.09. The average molecular weight is 1510 g/mol. The van der Waals surface area contributed by atoms with Crippen LogP contribution in [0.4, 0.5) is 50.4 Å². The van der Waals surface area contributed by atoms with Gasteiger partial charge in [0.25, 0.3) is 0 Å². The minimum Gasteiger partial charge on any atom is -0.481 e. The molecule has 7 aromatic carbocycles. The highest BCUT2D eigenvalue weighted by Gasteiger charge is 2.17. The molecule has 19 nitrogen and oxygen atoms in total. The van der Waals surface area contributed by atoms with Gasteiger partial charge in [-0.05, 0) is 96.1 Å². The second-order valence-electron chi connectivity index (χ2n) is 20.0. The number of benzene rings is 7. The number of carboxylic acids is 1. The lowest BCUT2D eigenvalue weighted by Gasteiger charge is -2.11. The predicted octanol–water partition coefficient (Wildman–Crippen LogP) is 16.5. The molecule has 0 amide bonds. The number of carboxylic acid groups (broad SMARTS) is 1. The molecule has 0 radical (unpaired) electrons. The molecule has 10 rings (SSSR count). The number of nitrogen functional groups attached to an aromatic ring is 1. The molecule has 0 aliphatic carbocycles. The maximum absolute atomic E-state index is 15.3. The molecule has 0 bridgehead atoms. The highest BCUT2D eigenvalue weighted by atomic mass is 79.9. The van der Waals surface area contributed by atoms with Crippen molar-refractivity contribution < 1.29 is 60.5 Å². The minimum absolute atomic E-state index is 0.0471. The summed E-state index contributed by atoms with van der Waals surface area (Å²) in [6.45, 7) is 17.6. The summed E-state index contributed by atoms with van der Waals surface area (Å²) in [6, 6.07) is 42.8. The van der Waals surface area contributed by atoms with Crippen LogP contribution in [0.25, 0.3) is 43.2 Å². The lowest BCUT2D eigenvalue weighted by molar-refractivity contribution is -0.387. The third-order valence-corrected chi connectivity index (χ3v) is 14.8. The zero-order chi connectivity index (χ0) is 69.7. The number of ether oxygens (including phenoxy) is 5. The van der Waals surface area contributed by atoms with Crippen molar-refractivity contribution in [3.63, 3.8) is 0 Å². The smallest absolute Gasteiger partial charge is 0.307 e. The van der Waals surface area contributed by atoms with E-state index in [0.29, 0.717) is 77.4 Å². The van der Waals surface area contributed by atoms with Crippen molar-refractivity contribution in [2.45, 2.75) is 32.6 Å². The predicted molar refractivity (Wildman–Crippen MR) is 367 cm³/mol. The Bertz CT molecular complexity index is 4370. The largest absolute Gasteiger partial charge is 0.481 e. The number of aliphatic carboxylic acids is 1. The van der Waals surface area contributed by atoms with Gasteiger partial charge in [0.1, 0.15) is 42.3 Å². The number of nitro benzene ring substituents is 1. The summed E-state index contributed by atoms with van der Waals surface area (Å²) in [5.74, 6) is -2.74. The van der Waals surface area contributed by atoms with Crippen molar-refractivity contribution in [1.82, 2.24) is 19.5 Å². The van der Waals surface area contributed by atoms with Crippen LogP contribution in [0.3, 0.4) is 0 Å². The SMILES string of the molecule is COCCN.COCCNc1cc(Br)ccc1N.O=[N+]([O-])c1ccc(Br)cc1F.[C-]#[N+]c1ccc(COc2cccc(-c3ccc(CC(=O)O)c(F)c3)n2)c(F)c1.[C-]#[N+]c1ccc(COc2cccc(-c3ccc(Cc4nc5ccc(Br)cc5n4CCOC)c(F)c3)n2)c(F)c1. The van der Waals surface area contributed by atoms with Gasteiger partial charge in [-0.2, -0.15) is 4.39 Å². The van der Waals surface area contributed by atoms with Gasteiger partial charge in [-0.15, -0.1) is 0 Å². The number of nitrogens with one attached hydrogen (secondary N) is 1. The number of nitrogens with zero attached hydrogens (tertiary/aromatic N) is 7. The van der Waals surface area contributed by atoms with Crippen LogP contribution >= 0.6 is 47.8 Å². The number of nitro groups is 1. The number of hydrogen-bond donors (Lipinski definition) is 4. The van der Waals surface area contributed by atoms with Crippen LogP contribution in [0.5, 0.6) is 11.8 Å². The number of aromatic nitrogens is 4. The van der Waals surface area contributed by atoms with E-state index in [0.717, 1.165) is 61.9 Å². The Morgan fingerprint density at radius 2 is 1.12 bits per heavy atom. The van der Waals surface area contributed by atoms with E-state index in [1.165, 1.54) is 54.6 Å². The molecule has 0 atom stereocenters. The zero-order valence-electron chi connectivity index (χ0n) is 51.7. The average Bonchev–Trinajstić information content (AvgIpc) is 1.63. The summed E-state index contributed by atoms with van der Waals surface area (Å²) in [6.07, 6.45) is -0.0862. The molecule has 3 aromatic heterocycles. The molecule has 6 N–H and O–H groups in total. The Morgan fingerprint density at radius 3 is 1.61 bits per heavy atom. The van der Waals surface area contributed by atoms with Crippen LogP contribution in [0.2, 0.25) is 0 Å². The Balaban J connectivity index is 0.000000220. The topological polar surface area (TPSA) is 243 Å². The quantitative estimate of drug-likeness (QED) is 0.0123. The van der Waals surface area contributed by atoms with Crippen molar-refractivity contribution in [3.8, 4) is 34.3 Å². The Hall–Kier alpha value is -9.71. The van der Waals surface area contributed by atoms with Gasteiger partial charge in [-0.25, -0.2) is 42.2 Å². The van der Waals surface area contributed by atoms with Gasteiger partial charge in [0.15, 0.2) is 11.4 Å². The van der Waals surface area contributed by atoms with Crippen LogP contribution in [0.15, 0.2) is 177 Å². The van der Waals surface area contributed by atoms with E-state index in [1.807, 2.05) is 42.5 Å². The van der Waals surface area contributed by atoms with Crippen molar-refractivity contribution in [2.75, 3.05) is 65.3 Å². The first kappa shape index (κ1) is 75.3. The molecular formula is C69H62Br3F5N10O9. The van der Waals surface area contributed by atoms with E-state index in [-0.39, 0.29) is 53.3 Å². The number of nitrogens with two attached hydrogens (primary N) is 2.